The average Bonchev–Trinajstić information content (AvgIpc) is 2.18. The number of para-hydroxylation sites is 1. The van der Waals surface area contributed by atoms with Crippen LogP contribution in [0.25, 0.3) is 0 Å². The molecule has 6 heteroatoms. The molecule has 0 saturated heterocycles. The number of methoxy groups -OCH3 is 1. The van der Waals surface area contributed by atoms with Crippen LogP contribution in [0, 0.1) is 0 Å². The molecule has 0 aliphatic heterocycles. The molecule has 0 amide bonds. The van der Waals surface area contributed by atoms with E-state index in [1.807, 2.05) is 3.75 Å². The van der Waals surface area contributed by atoms with Gasteiger partial charge in [0, 0.05) is 16.1 Å². The van der Waals surface area contributed by atoms with Gasteiger partial charge in [0.2, 0.25) is 0 Å². The molecule has 0 saturated carbocycles. The van der Waals surface area contributed by atoms with Crippen molar-refractivity contribution in [1.82, 2.24) is 3.75 Å². The maximum absolute atomic E-state index is 11.3. The zero-order valence-electron chi connectivity index (χ0n) is 6.82. The number of sulfonamides is 1. The summed E-state index contributed by atoms with van der Waals surface area (Å²) in [5.74, 6) is 0.314. The highest BCUT2D eigenvalue weighted by Gasteiger charge is 2.16. The molecular weight excluding hydrogens is 258 g/mol. The summed E-state index contributed by atoms with van der Waals surface area (Å²) >= 11 is 2.68. The van der Waals surface area contributed by atoms with Gasteiger partial charge in [-0.2, -0.15) is 0 Å². The van der Waals surface area contributed by atoms with Crippen LogP contribution in [-0.2, 0) is 10.0 Å². The first-order valence-corrected chi connectivity index (χ1v) is 5.65. The molecule has 0 heterocycles. The van der Waals surface area contributed by atoms with Gasteiger partial charge in [0.25, 0.3) is 10.0 Å². The first-order valence-electron chi connectivity index (χ1n) is 3.37. The Morgan fingerprint density at radius 1 is 1.38 bits per heavy atom. The van der Waals surface area contributed by atoms with Gasteiger partial charge in [-0.05, 0) is 12.1 Å². The average molecular weight is 266 g/mol. The van der Waals surface area contributed by atoms with E-state index in [-0.39, 0.29) is 4.90 Å². The van der Waals surface area contributed by atoms with Gasteiger partial charge in [0.05, 0.1) is 7.11 Å². The Labute approximate surface area is 85.3 Å². The number of benzene rings is 1. The van der Waals surface area contributed by atoms with Crippen molar-refractivity contribution in [2.75, 3.05) is 7.11 Å². The Balaban J connectivity index is 3.29. The summed E-state index contributed by atoms with van der Waals surface area (Å²) in [6, 6.07) is 6.37. The van der Waals surface area contributed by atoms with Gasteiger partial charge in [0.15, 0.2) is 0 Å². The Kier molecular flexibility index (Phi) is 3.29. The number of rotatable bonds is 3. The second-order valence-corrected chi connectivity index (χ2v) is 4.80. The minimum absolute atomic E-state index is 0.106. The third kappa shape index (κ3) is 2.20. The topological polar surface area (TPSA) is 55.4 Å². The van der Waals surface area contributed by atoms with Crippen molar-refractivity contribution in [3.63, 3.8) is 0 Å². The first-order chi connectivity index (χ1) is 6.11. The predicted octanol–water partition coefficient (Wildman–Crippen LogP) is 1.28. The molecule has 4 nitrogen and oxygen atoms in total. The summed E-state index contributed by atoms with van der Waals surface area (Å²) in [4.78, 5) is 0.106. The van der Waals surface area contributed by atoms with E-state index in [2.05, 4.69) is 16.1 Å². The SMILES string of the molecule is COc1ccccc1S(=O)(=O)NBr. The fourth-order valence-corrected chi connectivity index (χ4v) is 2.16. The van der Waals surface area contributed by atoms with Crippen molar-refractivity contribution in [2.45, 2.75) is 4.90 Å². The zero-order chi connectivity index (χ0) is 9.90. The van der Waals surface area contributed by atoms with Crippen LogP contribution in [0.2, 0.25) is 0 Å². The lowest BCUT2D eigenvalue weighted by Crippen LogP contribution is -2.13. The van der Waals surface area contributed by atoms with Gasteiger partial charge < -0.3 is 4.74 Å². The van der Waals surface area contributed by atoms with E-state index < -0.39 is 10.0 Å². The van der Waals surface area contributed by atoms with Gasteiger partial charge >= 0.3 is 0 Å². The van der Waals surface area contributed by atoms with Crippen molar-refractivity contribution >= 4 is 26.2 Å². The third-order valence-corrected chi connectivity index (χ3v) is 3.86. The highest BCUT2D eigenvalue weighted by Crippen LogP contribution is 2.22. The number of hydrogen-bond acceptors (Lipinski definition) is 3. The number of nitrogens with one attached hydrogen (secondary N) is 1. The van der Waals surface area contributed by atoms with E-state index in [9.17, 15) is 8.42 Å². The number of halogens is 1. The molecule has 0 unspecified atom stereocenters. The summed E-state index contributed by atoms with van der Waals surface area (Å²) in [5, 5.41) is 0. The summed E-state index contributed by atoms with van der Waals surface area (Å²) in [6.45, 7) is 0. The molecule has 0 aromatic heterocycles. The van der Waals surface area contributed by atoms with Crippen LogP contribution >= 0.6 is 16.1 Å². The molecule has 0 spiro atoms. The van der Waals surface area contributed by atoms with E-state index in [1.54, 1.807) is 18.2 Å². The lowest BCUT2D eigenvalue weighted by atomic mass is 10.3. The van der Waals surface area contributed by atoms with Crippen LogP contribution < -0.4 is 8.49 Å². The molecule has 0 bridgehead atoms. The quantitative estimate of drug-likeness (QED) is 0.838. The van der Waals surface area contributed by atoms with E-state index in [4.69, 9.17) is 4.74 Å². The lowest BCUT2D eigenvalue weighted by molar-refractivity contribution is 0.402. The van der Waals surface area contributed by atoms with Gasteiger partial charge in [-0.25, -0.2) is 8.42 Å². The standard InChI is InChI=1S/C7H8BrNO3S/c1-12-6-4-2-3-5-7(6)13(10,11)9-8/h2-5,9H,1H3. The lowest BCUT2D eigenvalue weighted by Gasteiger charge is -2.06. The molecular formula is C7H8BrNO3S. The molecule has 1 N–H and O–H groups in total. The summed E-state index contributed by atoms with van der Waals surface area (Å²) in [5.41, 5.74) is 0. The minimum atomic E-state index is -3.50. The van der Waals surface area contributed by atoms with E-state index in [0.717, 1.165) is 0 Å². The minimum Gasteiger partial charge on any atom is -0.495 e. The van der Waals surface area contributed by atoms with Crippen LogP contribution in [0.5, 0.6) is 5.75 Å². The van der Waals surface area contributed by atoms with Crippen molar-refractivity contribution < 1.29 is 13.2 Å². The monoisotopic (exact) mass is 265 g/mol. The van der Waals surface area contributed by atoms with Crippen molar-refractivity contribution in [2.24, 2.45) is 0 Å². The zero-order valence-corrected chi connectivity index (χ0v) is 9.22. The smallest absolute Gasteiger partial charge is 0.253 e. The Morgan fingerprint density at radius 2 is 2.00 bits per heavy atom. The molecule has 0 radical (unpaired) electrons. The molecule has 0 aliphatic rings. The predicted molar refractivity (Wildman–Crippen MR) is 52.2 cm³/mol. The van der Waals surface area contributed by atoms with E-state index in [0.29, 0.717) is 5.75 Å². The highest BCUT2D eigenvalue weighted by molar-refractivity contribution is 9.09. The molecule has 0 aliphatic carbocycles. The van der Waals surface area contributed by atoms with Crippen molar-refractivity contribution in [3.05, 3.63) is 24.3 Å². The summed E-state index contributed by atoms with van der Waals surface area (Å²) in [7, 11) is -2.08. The second kappa shape index (κ2) is 4.08. The molecule has 0 atom stereocenters. The fourth-order valence-electron chi connectivity index (χ4n) is 0.882. The van der Waals surface area contributed by atoms with Gasteiger partial charge in [-0.15, -0.1) is 3.75 Å². The highest BCUT2D eigenvalue weighted by atomic mass is 79.9. The largest absolute Gasteiger partial charge is 0.495 e. The number of ether oxygens (including phenoxy) is 1. The normalized spacial score (nSPS) is 11.2. The molecule has 0 fully saturated rings. The van der Waals surface area contributed by atoms with E-state index >= 15 is 0 Å². The van der Waals surface area contributed by atoms with Crippen LogP contribution in [0.3, 0.4) is 0 Å². The van der Waals surface area contributed by atoms with Crippen molar-refractivity contribution in [1.29, 1.82) is 0 Å². The fraction of sp³-hybridized carbons (Fsp3) is 0.143. The maximum atomic E-state index is 11.3. The Bertz CT molecular complexity index is 390. The van der Waals surface area contributed by atoms with Crippen LogP contribution in [0.1, 0.15) is 0 Å². The molecule has 1 aromatic rings. The summed E-state index contributed by atoms with van der Waals surface area (Å²) < 4.78 is 29.6. The van der Waals surface area contributed by atoms with Crippen LogP contribution in [0.15, 0.2) is 29.2 Å². The van der Waals surface area contributed by atoms with Crippen molar-refractivity contribution in [3.8, 4) is 5.75 Å². The first kappa shape index (κ1) is 10.5. The van der Waals surface area contributed by atoms with Gasteiger partial charge in [0.1, 0.15) is 10.6 Å². The van der Waals surface area contributed by atoms with Crippen LogP contribution in [-0.4, -0.2) is 15.5 Å². The van der Waals surface area contributed by atoms with Gasteiger partial charge in [-0.1, -0.05) is 12.1 Å². The van der Waals surface area contributed by atoms with Gasteiger partial charge in [-0.3, -0.25) is 0 Å². The molecule has 72 valence electrons. The molecule has 13 heavy (non-hydrogen) atoms. The Morgan fingerprint density at radius 3 is 2.54 bits per heavy atom. The molecule has 1 rings (SSSR count). The van der Waals surface area contributed by atoms with Crippen LogP contribution in [0.4, 0.5) is 0 Å². The molecule has 1 aromatic carbocycles. The maximum Gasteiger partial charge on any atom is 0.253 e. The Hall–Kier alpha value is -0.590. The third-order valence-electron chi connectivity index (χ3n) is 1.46. The van der Waals surface area contributed by atoms with E-state index in [1.165, 1.54) is 13.2 Å². The second-order valence-electron chi connectivity index (χ2n) is 2.23. The summed E-state index contributed by atoms with van der Waals surface area (Å²) in [6.07, 6.45) is 0. The number of hydrogen-bond donors (Lipinski definition) is 1.